The zero-order valence-corrected chi connectivity index (χ0v) is 19.7. The molecule has 0 bridgehead atoms. The van der Waals surface area contributed by atoms with Gasteiger partial charge >= 0.3 is 6.09 Å². The number of hydrogen-bond donors (Lipinski definition) is 2. The highest BCUT2D eigenvalue weighted by Gasteiger charge is 2.57. The van der Waals surface area contributed by atoms with Crippen molar-refractivity contribution in [2.45, 2.75) is 70.6 Å². The van der Waals surface area contributed by atoms with Crippen LogP contribution in [0.3, 0.4) is 0 Å². The van der Waals surface area contributed by atoms with Gasteiger partial charge in [-0.2, -0.15) is 0 Å². The van der Waals surface area contributed by atoms with Crippen LogP contribution < -0.4 is 11.1 Å². The predicted molar refractivity (Wildman–Crippen MR) is 123 cm³/mol. The molecule has 0 aliphatic carbocycles. The molecule has 0 aromatic heterocycles. The number of ether oxygens (including phenoxy) is 1. The fourth-order valence-electron chi connectivity index (χ4n) is 4.52. The second-order valence-corrected chi connectivity index (χ2v) is 10.2. The van der Waals surface area contributed by atoms with Gasteiger partial charge in [0.1, 0.15) is 17.7 Å². The zero-order valence-electron chi connectivity index (χ0n) is 22.7. The molecule has 3 atom stereocenters. The molecular formula is C24H34N4O5. The number of primary amides is 1. The summed E-state index contributed by atoms with van der Waals surface area (Å²) in [4.78, 5) is 54.3. The molecule has 1 saturated heterocycles. The van der Waals surface area contributed by atoms with Crippen LogP contribution in [0.25, 0.3) is 0 Å². The predicted octanol–water partition coefficient (Wildman–Crippen LogP) is 2.24. The van der Waals surface area contributed by atoms with Gasteiger partial charge < -0.3 is 20.7 Å². The Morgan fingerprint density at radius 2 is 2.00 bits per heavy atom. The Hall–Kier alpha value is -3.10. The van der Waals surface area contributed by atoms with E-state index < -0.39 is 48.0 Å². The standard InChI is InChI=1S/C24H34N4O5/c1-14(2)11-17(27(6)22(32)33-23(3,4)5)20(30)28-13-24(12-18(28)19(25)29)15-9-7-8-10-16(15)26-21(24)31/h7-10,14,17-18H,11-13H2,1-6H3,(H2,25,29)(H,26,31)/t17-,18-,24-/m0/s1/i6D3. The summed E-state index contributed by atoms with van der Waals surface area (Å²) in [6.45, 7) is 5.15. The highest BCUT2D eigenvalue weighted by Crippen LogP contribution is 2.46. The fourth-order valence-corrected chi connectivity index (χ4v) is 4.52. The van der Waals surface area contributed by atoms with Crippen molar-refractivity contribution in [1.82, 2.24) is 9.80 Å². The lowest BCUT2D eigenvalue weighted by atomic mass is 9.79. The lowest BCUT2D eigenvalue weighted by Crippen LogP contribution is -2.54. The molecule has 9 nitrogen and oxygen atoms in total. The largest absolute Gasteiger partial charge is 0.444 e. The monoisotopic (exact) mass is 461 g/mol. The maximum absolute atomic E-state index is 14.0. The van der Waals surface area contributed by atoms with Gasteiger partial charge in [0.05, 0.1) is 5.41 Å². The Balaban J connectivity index is 2.06. The van der Waals surface area contributed by atoms with Crippen LogP contribution in [0, 0.1) is 5.92 Å². The van der Waals surface area contributed by atoms with E-state index in [0.717, 1.165) is 4.90 Å². The summed E-state index contributed by atoms with van der Waals surface area (Å²) in [5.41, 5.74) is 4.66. The van der Waals surface area contributed by atoms with E-state index in [9.17, 15) is 19.2 Å². The number of likely N-dealkylation sites (tertiary alicyclic amines) is 1. The van der Waals surface area contributed by atoms with Crippen LogP contribution in [0.5, 0.6) is 0 Å². The number of para-hydroxylation sites is 1. The summed E-state index contributed by atoms with van der Waals surface area (Å²) in [6, 6.07) is 4.36. The number of fused-ring (bicyclic) bond motifs is 2. The van der Waals surface area contributed by atoms with Crippen molar-refractivity contribution >= 4 is 29.5 Å². The molecule has 1 aromatic carbocycles. The highest BCUT2D eigenvalue weighted by molar-refractivity contribution is 6.08. The van der Waals surface area contributed by atoms with Gasteiger partial charge in [-0.15, -0.1) is 0 Å². The van der Waals surface area contributed by atoms with E-state index in [0.29, 0.717) is 16.2 Å². The van der Waals surface area contributed by atoms with Crippen LogP contribution in [-0.4, -0.2) is 64.8 Å². The lowest BCUT2D eigenvalue weighted by molar-refractivity contribution is -0.142. The number of benzene rings is 1. The first kappa shape index (κ1) is 20.5. The minimum absolute atomic E-state index is 0.00572. The van der Waals surface area contributed by atoms with Crippen molar-refractivity contribution in [1.29, 1.82) is 0 Å². The molecule has 0 radical (unpaired) electrons. The van der Waals surface area contributed by atoms with E-state index in [1.165, 1.54) is 0 Å². The first-order valence-electron chi connectivity index (χ1n) is 12.5. The first-order chi connectivity index (χ1) is 16.5. The minimum atomic E-state index is -3.01. The summed E-state index contributed by atoms with van der Waals surface area (Å²) in [5, 5.41) is 2.80. The molecule has 1 aromatic rings. The van der Waals surface area contributed by atoms with Crippen LogP contribution in [0.15, 0.2) is 24.3 Å². The Kier molecular flexibility index (Phi) is 5.39. The smallest absolute Gasteiger partial charge is 0.410 e. The normalized spacial score (nSPS) is 24.5. The Morgan fingerprint density at radius 1 is 1.33 bits per heavy atom. The highest BCUT2D eigenvalue weighted by atomic mass is 16.6. The van der Waals surface area contributed by atoms with E-state index in [1.807, 2.05) is 0 Å². The molecule has 0 saturated carbocycles. The second kappa shape index (κ2) is 8.68. The van der Waals surface area contributed by atoms with Crippen molar-refractivity contribution in [3.63, 3.8) is 0 Å². The van der Waals surface area contributed by atoms with Crippen LogP contribution >= 0.6 is 0 Å². The summed E-state index contributed by atoms with van der Waals surface area (Å²) in [5.74, 6) is -2.15. The number of carbonyl (C=O) groups is 4. The molecule has 2 aliphatic rings. The number of likely N-dealkylation sites (N-methyl/N-ethyl adjacent to an activating group) is 1. The van der Waals surface area contributed by atoms with Crippen LogP contribution in [0.2, 0.25) is 0 Å². The van der Waals surface area contributed by atoms with Gasteiger partial charge in [-0.25, -0.2) is 4.79 Å². The van der Waals surface area contributed by atoms with Gasteiger partial charge in [-0.05, 0) is 51.2 Å². The summed E-state index contributed by atoms with van der Waals surface area (Å²) in [6.07, 6.45) is -1.23. The summed E-state index contributed by atoms with van der Waals surface area (Å²) in [7, 11) is 0. The Morgan fingerprint density at radius 3 is 2.58 bits per heavy atom. The van der Waals surface area contributed by atoms with Gasteiger partial charge in [0, 0.05) is 23.3 Å². The molecule has 4 amide bonds. The SMILES string of the molecule is [2H]C([2H])([2H])N(C(=O)OC(C)(C)C)[C@@H](CC(C)C)C(=O)N1C[C@]2(C[C@H]1C(N)=O)C(=O)Nc1ccccc12. The quantitative estimate of drug-likeness (QED) is 0.696. The molecule has 33 heavy (non-hydrogen) atoms. The lowest BCUT2D eigenvalue weighted by Gasteiger charge is -2.34. The van der Waals surface area contributed by atoms with Crippen LogP contribution in [0.4, 0.5) is 10.5 Å². The summed E-state index contributed by atoms with van der Waals surface area (Å²) >= 11 is 0. The zero-order chi connectivity index (χ0) is 27.2. The molecule has 3 N–H and O–H groups in total. The molecular weight excluding hydrogens is 424 g/mol. The third-order valence-corrected chi connectivity index (χ3v) is 5.98. The number of hydrogen-bond acceptors (Lipinski definition) is 5. The maximum Gasteiger partial charge on any atom is 0.410 e. The number of carbonyl (C=O) groups excluding carboxylic acids is 4. The second-order valence-electron chi connectivity index (χ2n) is 10.2. The van der Waals surface area contributed by atoms with Gasteiger partial charge in [0.25, 0.3) is 0 Å². The van der Waals surface area contributed by atoms with Crippen molar-refractivity contribution in [3.05, 3.63) is 29.8 Å². The van der Waals surface area contributed by atoms with E-state index in [4.69, 9.17) is 14.6 Å². The minimum Gasteiger partial charge on any atom is -0.444 e. The van der Waals surface area contributed by atoms with Crippen molar-refractivity contribution in [2.75, 3.05) is 18.8 Å². The van der Waals surface area contributed by atoms with E-state index in [1.54, 1.807) is 58.9 Å². The van der Waals surface area contributed by atoms with Gasteiger partial charge in [0.2, 0.25) is 17.7 Å². The Labute approximate surface area is 198 Å². The molecule has 3 rings (SSSR count). The van der Waals surface area contributed by atoms with E-state index in [2.05, 4.69) is 5.32 Å². The number of amides is 4. The van der Waals surface area contributed by atoms with Crippen molar-refractivity contribution < 1.29 is 28.0 Å². The molecule has 180 valence electrons. The first-order valence-corrected chi connectivity index (χ1v) is 11.0. The van der Waals surface area contributed by atoms with Crippen LogP contribution in [-0.2, 0) is 24.5 Å². The molecule has 0 unspecified atom stereocenters. The Bertz CT molecular complexity index is 1070. The third-order valence-electron chi connectivity index (χ3n) is 5.98. The number of nitrogens with two attached hydrogens (primary N) is 1. The van der Waals surface area contributed by atoms with Crippen LogP contribution in [0.1, 0.15) is 57.1 Å². The van der Waals surface area contributed by atoms with E-state index >= 15 is 0 Å². The average molecular weight is 462 g/mol. The van der Waals surface area contributed by atoms with Gasteiger partial charge in [-0.1, -0.05) is 32.0 Å². The van der Waals surface area contributed by atoms with Crippen molar-refractivity contribution in [3.8, 4) is 0 Å². The molecule has 9 heteroatoms. The number of nitrogens with one attached hydrogen (secondary N) is 1. The maximum atomic E-state index is 14.0. The third kappa shape index (κ3) is 4.67. The fraction of sp³-hybridized carbons (Fsp3) is 0.583. The summed E-state index contributed by atoms with van der Waals surface area (Å²) < 4.78 is 29.4. The molecule has 2 aliphatic heterocycles. The molecule has 1 fully saturated rings. The van der Waals surface area contributed by atoms with Crippen molar-refractivity contribution in [2.24, 2.45) is 11.7 Å². The number of nitrogens with zero attached hydrogens (tertiary/aromatic N) is 2. The topological polar surface area (TPSA) is 122 Å². The number of anilines is 1. The van der Waals surface area contributed by atoms with E-state index in [-0.39, 0.29) is 31.2 Å². The van der Waals surface area contributed by atoms with Gasteiger partial charge in [-0.3, -0.25) is 19.3 Å². The number of rotatable bonds is 5. The average Bonchev–Trinajstić information content (AvgIpc) is 3.24. The molecule has 2 heterocycles. The van der Waals surface area contributed by atoms with Gasteiger partial charge in [0.15, 0.2) is 0 Å². The molecule has 1 spiro atoms.